The van der Waals surface area contributed by atoms with Crippen molar-refractivity contribution in [2.45, 2.75) is 31.8 Å². The van der Waals surface area contributed by atoms with Crippen LogP contribution in [0.1, 0.15) is 25.7 Å². The summed E-state index contributed by atoms with van der Waals surface area (Å²) in [5, 5.41) is 12.8. The summed E-state index contributed by atoms with van der Waals surface area (Å²) < 4.78 is 0. The molecule has 1 fully saturated rings. The molecule has 106 valence electrons. The van der Waals surface area contributed by atoms with Gasteiger partial charge in [0, 0.05) is 20.6 Å². The lowest BCUT2D eigenvalue weighted by molar-refractivity contribution is 0.104. The molecule has 4 N–H and O–H groups in total. The van der Waals surface area contributed by atoms with Crippen molar-refractivity contribution in [2.75, 3.05) is 36.6 Å². The van der Waals surface area contributed by atoms with E-state index in [1.165, 1.54) is 0 Å². The van der Waals surface area contributed by atoms with Gasteiger partial charge in [0.25, 0.3) is 0 Å². The zero-order chi connectivity index (χ0) is 13.8. The quantitative estimate of drug-likeness (QED) is 0.729. The third kappa shape index (κ3) is 3.92. The normalized spacial score (nSPS) is 23.1. The second kappa shape index (κ2) is 6.01. The molecule has 7 nitrogen and oxygen atoms in total. The van der Waals surface area contributed by atoms with Gasteiger partial charge in [-0.1, -0.05) is 6.42 Å². The fourth-order valence-corrected chi connectivity index (χ4v) is 2.34. The van der Waals surface area contributed by atoms with Crippen molar-refractivity contribution in [1.29, 1.82) is 0 Å². The Morgan fingerprint density at radius 2 is 2.11 bits per heavy atom. The lowest BCUT2D eigenvalue weighted by atomic mass is 9.87. The van der Waals surface area contributed by atoms with Gasteiger partial charge in [-0.3, -0.25) is 0 Å². The Hall–Kier alpha value is -1.63. The lowest BCUT2D eigenvalue weighted by Gasteiger charge is -2.25. The van der Waals surface area contributed by atoms with Gasteiger partial charge in [-0.05, 0) is 25.2 Å². The fourth-order valence-electron chi connectivity index (χ4n) is 2.34. The smallest absolute Gasteiger partial charge is 0.231 e. The molecule has 1 aliphatic carbocycles. The van der Waals surface area contributed by atoms with Gasteiger partial charge in [-0.2, -0.15) is 15.0 Å². The van der Waals surface area contributed by atoms with Gasteiger partial charge in [0.05, 0.1) is 6.10 Å². The molecule has 0 aliphatic heterocycles. The third-order valence-electron chi connectivity index (χ3n) is 3.34. The van der Waals surface area contributed by atoms with E-state index in [4.69, 9.17) is 5.73 Å². The standard InChI is InChI=1S/C12H22N6O/c1-18(2)12-16-10(13)15-11(17-12)14-7-8-4-3-5-9(19)6-8/h8-9,19H,3-7H2,1-2H3,(H3,13,14,15,16,17). The van der Waals surface area contributed by atoms with E-state index in [2.05, 4.69) is 20.3 Å². The van der Waals surface area contributed by atoms with Crippen molar-refractivity contribution in [3.8, 4) is 0 Å². The molecule has 7 heteroatoms. The monoisotopic (exact) mass is 266 g/mol. The van der Waals surface area contributed by atoms with Crippen LogP contribution in [0.4, 0.5) is 17.8 Å². The molecule has 19 heavy (non-hydrogen) atoms. The summed E-state index contributed by atoms with van der Waals surface area (Å²) in [6, 6.07) is 0. The van der Waals surface area contributed by atoms with E-state index >= 15 is 0 Å². The first-order chi connectivity index (χ1) is 9.04. The number of nitrogens with two attached hydrogens (primary N) is 1. The van der Waals surface area contributed by atoms with Crippen molar-refractivity contribution in [3.05, 3.63) is 0 Å². The van der Waals surface area contributed by atoms with Crippen LogP contribution >= 0.6 is 0 Å². The van der Waals surface area contributed by atoms with Crippen LogP contribution < -0.4 is 16.0 Å². The van der Waals surface area contributed by atoms with Crippen LogP contribution in [-0.2, 0) is 0 Å². The zero-order valence-corrected chi connectivity index (χ0v) is 11.5. The van der Waals surface area contributed by atoms with Gasteiger partial charge in [0.15, 0.2) is 0 Å². The van der Waals surface area contributed by atoms with E-state index in [0.717, 1.165) is 32.2 Å². The van der Waals surface area contributed by atoms with E-state index < -0.39 is 0 Å². The number of aliphatic hydroxyl groups excluding tert-OH is 1. The Labute approximate surface area is 113 Å². The molecule has 1 aromatic rings. The summed E-state index contributed by atoms with van der Waals surface area (Å²) in [5.74, 6) is 1.71. The van der Waals surface area contributed by atoms with Gasteiger partial charge in [0.1, 0.15) is 0 Å². The van der Waals surface area contributed by atoms with Crippen LogP contribution in [-0.4, -0.2) is 46.8 Å². The molecule has 0 bridgehead atoms. The fraction of sp³-hybridized carbons (Fsp3) is 0.750. The number of nitrogens with zero attached hydrogens (tertiary/aromatic N) is 4. The molecule has 2 atom stereocenters. The van der Waals surface area contributed by atoms with E-state index in [0.29, 0.717) is 17.8 Å². The first kappa shape index (κ1) is 13.8. The predicted molar refractivity (Wildman–Crippen MR) is 75.0 cm³/mol. The molecule has 1 aliphatic rings. The van der Waals surface area contributed by atoms with E-state index in [-0.39, 0.29) is 12.1 Å². The minimum Gasteiger partial charge on any atom is -0.393 e. The van der Waals surface area contributed by atoms with Crippen molar-refractivity contribution < 1.29 is 5.11 Å². The highest BCUT2D eigenvalue weighted by Crippen LogP contribution is 2.24. The molecule has 0 spiro atoms. The second-order valence-electron chi connectivity index (χ2n) is 5.28. The van der Waals surface area contributed by atoms with E-state index in [9.17, 15) is 5.11 Å². The van der Waals surface area contributed by atoms with Crippen LogP contribution in [0, 0.1) is 5.92 Å². The molecule has 1 aromatic heterocycles. The molecule has 0 radical (unpaired) electrons. The molecule has 1 saturated carbocycles. The number of nitrogen functional groups attached to an aromatic ring is 1. The van der Waals surface area contributed by atoms with Gasteiger partial charge in [-0.25, -0.2) is 0 Å². The molecule has 2 rings (SSSR count). The zero-order valence-electron chi connectivity index (χ0n) is 11.5. The molecule has 0 aromatic carbocycles. The minimum absolute atomic E-state index is 0.165. The summed E-state index contributed by atoms with van der Waals surface area (Å²) >= 11 is 0. The van der Waals surface area contributed by atoms with Crippen molar-refractivity contribution >= 4 is 17.8 Å². The van der Waals surface area contributed by atoms with Gasteiger partial charge in [0.2, 0.25) is 17.8 Å². The van der Waals surface area contributed by atoms with Crippen LogP contribution in [0.15, 0.2) is 0 Å². The summed E-state index contributed by atoms with van der Waals surface area (Å²) in [6.07, 6.45) is 3.80. The van der Waals surface area contributed by atoms with Gasteiger partial charge >= 0.3 is 0 Å². The number of hydrogen-bond donors (Lipinski definition) is 3. The molecular weight excluding hydrogens is 244 g/mol. The Morgan fingerprint density at radius 1 is 1.32 bits per heavy atom. The summed E-state index contributed by atoms with van der Waals surface area (Å²) in [4.78, 5) is 14.2. The summed E-state index contributed by atoms with van der Waals surface area (Å²) in [7, 11) is 3.71. The molecule has 1 heterocycles. The first-order valence-corrected chi connectivity index (χ1v) is 6.65. The van der Waals surface area contributed by atoms with Crippen LogP contribution in [0.2, 0.25) is 0 Å². The number of aromatic nitrogens is 3. The number of hydrogen-bond acceptors (Lipinski definition) is 7. The van der Waals surface area contributed by atoms with Crippen LogP contribution in [0.3, 0.4) is 0 Å². The summed E-state index contributed by atoms with van der Waals surface area (Å²) in [6.45, 7) is 0.757. The molecule has 2 unspecified atom stereocenters. The first-order valence-electron chi connectivity index (χ1n) is 6.65. The predicted octanol–water partition coefficient (Wildman–Crippen LogP) is 0.483. The Kier molecular flexibility index (Phi) is 4.36. The maximum absolute atomic E-state index is 9.64. The van der Waals surface area contributed by atoms with Crippen LogP contribution in [0.5, 0.6) is 0 Å². The number of anilines is 3. The third-order valence-corrected chi connectivity index (χ3v) is 3.34. The Bertz CT molecular complexity index is 425. The maximum Gasteiger partial charge on any atom is 0.231 e. The van der Waals surface area contributed by atoms with Gasteiger partial charge in [-0.15, -0.1) is 0 Å². The number of nitrogens with one attached hydrogen (secondary N) is 1. The average Bonchev–Trinajstić information content (AvgIpc) is 2.36. The molecule has 0 saturated heterocycles. The summed E-state index contributed by atoms with van der Waals surface area (Å²) in [5.41, 5.74) is 5.66. The highest BCUT2D eigenvalue weighted by Gasteiger charge is 2.20. The van der Waals surface area contributed by atoms with Crippen molar-refractivity contribution in [3.63, 3.8) is 0 Å². The lowest BCUT2D eigenvalue weighted by Crippen LogP contribution is -2.26. The van der Waals surface area contributed by atoms with E-state index in [1.54, 1.807) is 4.90 Å². The SMILES string of the molecule is CN(C)c1nc(N)nc(NCC2CCCC(O)C2)n1. The Balaban J connectivity index is 1.95. The van der Waals surface area contributed by atoms with Crippen molar-refractivity contribution in [2.24, 2.45) is 5.92 Å². The van der Waals surface area contributed by atoms with Gasteiger partial charge < -0.3 is 21.1 Å². The average molecular weight is 266 g/mol. The van der Waals surface area contributed by atoms with Crippen LogP contribution in [0.25, 0.3) is 0 Å². The largest absolute Gasteiger partial charge is 0.393 e. The second-order valence-corrected chi connectivity index (χ2v) is 5.28. The maximum atomic E-state index is 9.64. The topological polar surface area (TPSA) is 100 Å². The Morgan fingerprint density at radius 3 is 2.79 bits per heavy atom. The minimum atomic E-state index is -0.165. The highest BCUT2D eigenvalue weighted by molar-refractivity contribution is 5.40. The molecular formula is C12H22N6O. The highest BCUT2D eigenvalue weighted by atomic mass is 16.3. The number of aliphatic hydroxyl groups is 1. The number of rotatable bonds is 4. The molecule has 0 amide bonds. The van der Waals surface area contributed by atoms with E-state index in [1.807, 2.05) is 14.1 Å². The van der Waals surface area contributed by atoms with Crippen molar-refractivity contribution in [1.82, 2.24) is 15.0 Å².